The molecule has 1 aliphatic rings. The van der Waals surface area contributed by atoms with E-state index < -0.39 is 0 Å². The van der Waals surface area contributed by atoms with Crippen LogP contribution < -0.4 is 5.32 Å². The van der Waals surface area contributed by atoms with E-state index in [4.69, 9.17) is 4.74 Å². The van der Waals surface area contributed by atoms with Crippen LogP contribution >= 0.6 is 11.3 Å². The van der Waals surface area contributed by atoms with Crippen LogP contribution in [0.3, 0.4) is 0 Å². The first-order valence-electron chi connectivity index (χ1n) is 5.00. The topological polar surface area (TPSA) is 21.3 Å². The third-order valence-corrected chi connectivity index (χ3v) is 3.64. The SMILES string of the molecule is Cc1cscc1CNCC1(C)COC1. The molecule has 14 heavy (non-hydrogen) atoms. The fraction of sp³-hybridized carbons (Fsp3) is 0.636. The molecule has 78 valence electrons. The summed E-state index contributed by atoms with van der Waals surface area (Å²) in [7, 11) is 0. The zero-order valence-corrected chi connectivity index (χ0v) is 9.62. The van der Waals surface area contributed by atoms with Crippen molar-refractivity contribution < 1.29 is 4.74 Å². The highest BCUT2D eigenvalue weighted by Gasteiger charge is 2.32. The number of ether oxygens (including phenoxy) is 1. The Kier molecular flexibility index (Phi) is 2.91. The molecule has 0 bridgehead atoms. The lowest BCUT2D eigenvalue weighted by molar-refractivity contribution is -0.0991. The molecule has 0 aromatic carbocycles. The van der Waals surface area contributed by atoms with Gasteiger partial charge in [-0.25, -0.2) is 0 Å². The van der Waals surface area contributed by atoms with Gasteiger partial charge in [0.05, 0.1) is 13.2 Å². The molecule has 0 atom stereocenters. The van der Waals surface area contributed by atoms with Crippen LogP contribution in [-0.2, 0) is 11.3 Å². The third kappa shape index (κ3) is 2.16. The number of thiophene rings is 1. The summed E-state index contributed by atoms with van der Waals surface area (Å²) in [5, 5.41) is 7.92. The molecule has 1 aromatic rings. The Morgan fingerprint density at radius 3 is 2.79 bits per heavy atom. The van der Waals surface area contributed by atoms with E-state index in [1.165, 1.54) is 11.1 Å². The molecule has 0 radical (unpaired) electrons. The summed E-state index contributed by atoms with van der Waals surface area (Å²) < 4.78 is 5.21. The van der Waals surface area contributed by atoms with Crippen molar-refractivity contribution in [1.29, 1.82) is 0 Å². The molecule has 2 heterocycles. The average Bonchev–Trinajstić information content (AvgIpc) is 2.49. The largest absolute Gasteiger partial charge is 0.380 e. The Bertz CT molecular complexity index is 304. The minimum Gasteiger partial charge on any atom is -0.380 e. The summed E-state index contributed by atoms with van der Waals surface area (Å²) >= 11 is 1.78. The molecule has 0 saturated carbocycles. The second-order valence-electron chi connectivity index (χ2n) is 4.49. The van der Waals surface area contributed by atoms with Crippen molar-refractivity contribution in [3.8, 4) is 0 Å². The second kappa shape index (κ2) is 4.01. The number of aryl methyl sites for hydroxylation is 1. The minimum absolute atomic E-state index is 0.379. The van der Waals surface area contributed by atoms with Gasteiger partial charge < -0.3 is 10.1 Å². The Balaban J connectivity index is 1.75. The molecule has 1 aliphatic heterocycles. The fourth-order valence-corrected chi connectivity index (χ4v) is 2.48. The standard InChI is InChI=1S/C11H17NOS/c1-9-4-14-5-10(9)3-12-6-11(2)7-13-8-11/h4-5,12H,3,6-8H2,1-2H3. The van der Waals surface area contributed by atoms with Crippen LogP contribution in [0.4, 0.5) is 0 Å². The van der Waals surface area contributed by atoms with E-state index in [9.17, 15) is 0 Å². The molecule has 0 unspecified atom stereocenters. The van der Waals surface area contributed by atoms with Crippen LogP contribution in [0.25, 0.3) is 0 Å². The van der Waals surface area contributed by atoms with Gasteiger partial charge in [0.25, 0.3) is 0 Å². The highest BCUT2D eigenvalue weighted by atomic mass is 32.1. The van der Waals surface area contributed by atoms with Gasteiger partial charge in [0.1, 0.15) is 0 Å². The number of hydrogen-bond acceptors (Lipinski definition) is 3. The lowest BCUT2D eigenvalue weighted by Crippen LogP contribution is -2.47. The molecule has 2 rings (SSSR count). The van der Waals surface area contributed by atoms with Gasteiger partial charge in [-0.1, -0.05) is 6.92 Å². The molecule has 0 spiro atoms. The molecular weight excluding hydrogens is 194 g/mol. The third-order valence-electron chi connectivity index (χ3n) is 2.73. The maximum absolute atomic E-state index is 5.21. The van der Waals surface area contributed by atoms with Crippen LogP contribution in [0.5, 0.6) is 0 Å². The van der Waals surface area contributed by atoms with Crippen LogP contribution in [0.2, 0.25) is 0 Å². The van der Waals surface area contributed by atoms with E-state index in [2.05, 4.69) is 29.9 Å². The number of hydrogen-bond donors (Lipinski definition) is 1. The van der Waals surface area contributed by atoms with E-state index in [-0.39, 0.29) is 0 Å². The Hall–Kier alpha value is -0.380. The quantitative estimate of drug-likeness (QED) is 0.824. The molecule has 0 amide bonds. The lowest BCUT2D eigenvalue weighted by Gasteiger charge is -2.38. The van der Waals surface area contributed by atoms with Gasteiger partial charge in [-0.15, -0.1) is 0 Å². The number of nitrogens with one attached hydrogen (secondary N) is 1. The zero-order chi connectivity index (χ0) is 10.0. The molecule has 0 aliphatic carbocycles. The van der Waals surface area contributed by atoms with Gasteiger partial charge >= 0.3 is 0 Å². The zero-order valence-electron chi connectivity index (χ0n) is 8.80. The van der Waals surface area contributed by atoms with E-state index in [1.54, 1.807) is 11.3 Å². The first-order valence-corrected chi connectivity index (χ1v) is 5.94. The fourth-order valence-electron chi connectivity index (χ4n) is 1.62. The van der Waals surface area contributed by atoms with Gasteiger partial charge in [-0.2, -0.15) is 11.3 Å². The summed E-state index contributed by atoms with van der Waals surface area (Å²) in [6.45, 7) is 8.30. The van der Waals surface area contributed by atoms with Gasteiger partial charge in [-0.3, -0.25) is 0 Å². The lowest BCUT2D eigenvalue weighted by atomic mass is 9.89. The van der Waals surface area contributed by atoms with Crippen molar-refractivity contribution in [3.63, 3.8) is 0 Å². The first kappa shape index (κ1) is 10.1. The molecular formula is C11H17NOS. The summed E-state index contributed by atoms with van der Waals surface area (Å²) in [4.78, 5) is 0. The smallest absolute Gasteiger partial charge is 0.0554 e. The van der Waals surface area contributed by atoms with Crippen LogP contribution in [0.1, 0.15) is 18.1 Å². The summed E-state index contributed by atoms with van der Waals surface area (Å²) in [6, 6.07) is 0. The molecule has 2 nitrogen and oxygen atoms in total. The summed E-state index contributed by atoms with van der Waals surface area (Å²) in [6.07, 6.45) is 0. The van der Waals surface area contributed by atoms with Crippen molar-refractivity contribution in [1.82, 2.24) is 5.32 Å². The van der Waals surface area contributed by atoms with Crippen LogP contribution in [0.15, 0.2) is 10.8 Å². The van der Waals surface area contributed by atoms with Gasteiger partial charge in [0.15, 0.2) is 0 Å². The van der Waals surface area contributed by atoms with Gasteiger partial charge in [0, 0.05) is 18.5 Å². The monoisotopic (exact) mass is 211 g/mol. The first-order chi connectivity index (χ1) is 6.70. The van der Waals surface area contributed by atoms with Gasteiger partial charge in [-0.05, 0) is 28.8 Å². The van der Waals surface area contributed by atoms with Crippen LogP contribution in [0, 0.1) is 12.3 Å². The van der Waals surface area contributed by atoms with Crippen molar-refractivity contribution >= 4 is 11.3 Å². The van der Waals surface area contributed by atoms with Crippen molar-refractivity contribution in [2.24, 2.45) is 5.41 Å². The van der Waals surface area contributed by atoms with E-state index in [1.807, 2.05) is 0 Å². The second-order valence-corrected chi connectivity index (χ2v) is 5.23. The summed E-state index contributed by atoms with van der Waals surface area (Å²) in [5.41, 5.74) is 3.21. The molecule has 1 N–H and O–H groups in total. The Morgan fingerprint density at radius 1 is 1.50 bits per heavy atom. The molecule has 1 saturated heterocycles. The van der Waals surface area contributed by atoms with Crippen molar-refractivity contribution in [2.75, 3.05) is 19.8 Å². The normalized spacial score (nSPS) is 19.3. The van der Waals surface area contributed by atoms with Crippen LogP contribution in [-0.4, -0.2) is 19.8 Å². The Morgan fingerprint density at radius 2 is 2.29 bits per heavy atom. The highest BCUT2D eigenvalue weighted by molar-refractivity contribution is 7.08. The highest BCUT2D eigenvalue weighted by Crippen LogP contribution is 2.25. The summed E-state index contributed by atoms with van der Waals surface area (Å²) in [5.74, 6) is 0. The predicted octanol–water partition coefficient (Wildman–Crippen LogP) is 2.18. The van der Waals surface area contributed by atoms with Crippen molar-refractivity contribution in [2.45, 2.75) is 20.4 Å². The number of rotatable bonds is 4. The molecule has 3 heteroatoms. The minimum atomic E-state index is 0.379. The van der Waals surface area contributed by atoms with E-state index in [0.29, 0.717) is 5.41 Å². The Labute approximate surface area is 89.3 Å². The van der Waals surface area contributed by atoms with Crippen molar-refractivity contribution in [3.05, 3.63) is 21.9 Å². The van der Waals surface area contributed by atoms with Gasteiger partial charge in [0.2, 0.25) is 0 Å². The van der Waals surface area contributed by atoms with E-state index >= 15 is 0 Å². The average molecular weight is 211 g/mol. The molecule has 1 aromatic heterocycles. The maximum atomic E-state index is 5.21. The maximum Gasteiger partial charge on any atom is 0.0554 e. The predicted molar refractivity (Wildman–Crippen MR) is 59.7 cm³/mol. The van der Waals surface area contributed by atoms with E-state index in [0.717, 1.165) is 26.3 Å². The molecule has 1 fully saturated rings.